The highest BCUT2D eigenvalue weighted by Gasteiger charge is 2.53. The predicted octanol–water partition coefficient (Wildman–Crippen LogP) is 3.07. The number of aliphatic hydroxyl groups is 1. The van der Waals surface area contributed by atoms with Crippen LogP contribution in [0.2, 0.25) is 0 Å². The van der Waals surface area contributed by atoms with Crippen molar-refractivity contribution in [3.8, 4) is 17.2 Å². The first-order valence-corrected chi connectivity index (χ1v) is 12.1. The summed E-state index contributed by atoms with van der Waals surface area (Å²) >= 11 is 0. The lowest BCUT2D eigenvalue weighted by atomic mass is 9.68. The topological polar surface area (TPSA) is 127 Å². The van der Waals surface area contributed by atoms with E-state index in [1.807, 2.05) is 6.07 Å². The molecule has 0 aliphatic carbocycles. The van der Waals surface area contributed by atoms with Crippen molar-refractivity contribution in [1.29, 1.82) is 5.26 Å². The first-order valence-electron chi connectivity index (χ1n) is 12.1. The van der Waals surface area contributed by atoms with Gasteiger partial charge in [0.2, 0.25) is 0 Å². The molecule has 2 fully saturated rings. The number of carbonyl (C=O) groups excluding carboxylic acids is 1. The summed E-state index contributed by atoms with van der Waals surface area (Å²) in [5.74, 6) is -3.06. The van der Waals surface area contributed by atoms with E-state index in [4.69, 9.17) is 5.73 Å². The van der Waals surface area contributed by atoms with Gasteiger partial charge in [0.15, 0.2) is 0 Å². The van der Waals surface area contributed by atoms with Crippen LogP contribution in [0.4, 0.5) is 23.7 Å². The molecule has 2 aliphatic heterocycles. The second-order valence-corrected chi connectivity index (χ2v) is 9.62. The van der Waals surface area contributed by atoms with Gasteiger partial charge >= 0.3 is 6.03 Å². The lowest BCUT2D eigenvalue weighted by Gasteiger charge is -2.52. The summed E-state index contributed by atoms with van der Waals surface area (Å²) in [6.07, 6.45) is 1.43. The molecule has 5 rings (SSSR count). The molecule has 3 heterocycles. The van der Waals surface area contributed by atoms with Gasteiger partial charge in [-0.25, -0.2) is 18.0 Å². The van der Waals surface area contributed by atoms with Crippen LogP contribution in [-0.2, 0) is 12.1 Å². The Morgan fingerprint density at radius 2 is 1.84 bits per heavy atom. The van der Waals surface area contributed by atoms with Crippen molar-refractivity contribution in [2.45, 2.75) is 12.1 Å². The predicted molar refractivity (Wildman–Crippen MR) is 133 cm³/mol. The maximum atomic E-state index is 14.8. The molecule has 2 aromatic carbocycles. The van der Waals surface area contributed by atoms with Crippen molar-refractivity contribution in [3.05, 3.63) is 82.9 Å². The standard InChI is InChI=1S/C27H25F3N6O2/c28-20-5-21(29)7-22(6-20)35-26(37)36-13-18-11-33-12-19(14-36)27(18,38)24-2-1-16(10-34-24)25-17(9-32)3-15(8-31)4-23(25)30/h1-7,10,18-19,33,38H,8,11-14,31H2,(H,35,37). The van der Waals surface area contributed by atoms with Gasteiger partial charge in [-0.3, -0.25) is 4.98 Å². The molecule has 8 nitrogen and oxygen atoms in total. The molecule has 2 atom stereocenters. The van der Waals surface area contributed by atoms with Gasteiger partial charge < -0.3 is 26.4 Å². The van der Waals surface area contributed by atoms with E-state index in [-0.39, 0.29) is 36.4 Å². The molecular weight excluding hydrogens is 497 g/mol. The fourth-order valence-electron chi connectivity index (χ4n) is 5.44. The minimum atomic E-state index is -1.37. The highest BCUT2D eigenvalue weighted by atomic mass is 19.1. The lowest BCUT2D eigenvalue weighted by molar-refractivity contribution is -0.132. The van der Waals surface area contributed by atoms with Gasteiger partial charge in [0.1, 0.15) is 23.1 Å². The molecule has 1 aromatic heterocycles. The van der Waals surface area contributed by atoms with E-state index in [0.29, 0.717) is 29.9 Å². The maximum Gasteiger partial charge on any atom is 0.321 e. The van der Waals surface area contributed by atoms with Crippen LogP contribution in [0, 0.1) is 40.6 Å². The largest absolute Gasteiger partial charge is 0.383 e. The van der Waals surface area contributed by atoms with Crippen molar-refractivity contribution in [2.75, 3.05) is 31.5 Å². The average molecular weight is 523 g/mol. The Labute approximate surface area is 216 Å². The number of hydrogen-bond acceptors (Lipinski definition) is 6. The molecule has 0 spiro atoms. The zero-order valence-electron chi connectivity index (χ0n) is 20.2. The van der Waals surface area contributed by atoms with E-state index in [2.05, 4.69) is 15.6 Å². The molecule has 5 N–H and O–H groups in total. The second-order valence-electron chi connectivity index (χ2n) is 9.62. The van der Waals surface area contributed by atoms with Crippen LogP contribution in [0.5, 0.6) is 0 Å². The Balaban J connectivity index is 1.38. The monoisotopic (exact) mass is 522 g/mol. The van der Waals surface area contributed by atoms with E-state index < -0.39 is 40.9 Å². The highest BCUT2D eigenvalue weighted by molar-refractivity contribution is 5.89. The summed E-state index contributed by atoms with van der Waals surface area (Å²) in [5.41, 5.74) is 5.73. The van der Waals surface area contributed by atoms with Crippen LogP contribution in [0.1, 0.15) is 16.8 Å². The van der Waals surface area contributed by atoms with E-state index in [1.54, 1.807) is 12.1 Å². The third kappa shape index (κ3) is 4.58. The second kappa shape index (κ2) is 10.1. The molecule has 2 unspecified atom stereocenters. The van der Waals surface area contributed by atoms with Gasteiger partial charge in [-0.2, -0.15) is 5.26 Å². The molecule has 196 valence electrons. The highest BCUT2D eigenvalue weighted by Crippen LogP contribution is 2.43. The average Bonchev–Trinajstić information content (AvgIpc) is 2.87. The number of nitrogens with zero attached hydrogens (tertiary/aromatic N) is 3. The van der Waals surface area contributed by atoms with Crippen LogP contribution in [-0.4, -0.2) is 47.2 Å². The van der Waals surface area contributed by atoms with Crippen LogP contribution in [0.3, 0.4) is 0 Å². The minimum absolute atomic E-state index is 0.00246. The van der Waals surface area contributed by atoms with Crippen molar-refractivity contribution in [3.63, 3.8) is 0 Å². The number of likely N-dealkylation sites (tertiary alicyclic amines) is 1. The van der Waals surface area contributed by atoms with Crippen molar-refractivity contribution in [2.24, 2.45) is 17.6 Å². The molecule has 2 aliphatic rings. The van der Waals surface area contributed by atoms with E-state index >= 15 is 0 Å². The summed E-state index contributed by atoms with van der Waals surface area (Å²) in [5, 5.41) is 27.2. The zero-order chi connectivity index (χ0) is 27.0. The van der Waals surface area contributed by atoms with Gasteiger partial charge in [0, 0.05) is 73.6 Å². The van der Waals surface area contributed by atoms with Crippen molar-refractivity contribution >= 4 is 11.7 Å². The smallest absolute Gasteiger partial charge is 0.321 e. The summed E-state index contributed by atoms with van der Waals surface area (Å²) in [4.78, 5) is 18.9. The SMILES string of the molecule is N#Cc1cc(CN)cc(F)c1-c1ccc(C2(O)C3CNCC2CN(C(=O)Nc2cc(F)cc(F)c2)C3)nc1. The lowest BCUT2D eigenvalue weighted by Crippen LogP contribution is -2.66. The number of rotatable bonds is 4. The molecule has 38 heavy (non-hydrogen) atoms. The van der Waals surface area contributed by atoms with Crippen LogP contribution < -0.4 is 16.4 Å². The van der Waals surface area contributed by atoms with Gasteiger partial charge in [0.05, 0.1) is 17.3 Å². The Kier molecular flexibility index (Phi) is 6.79. The summed E-state index contributed by atoms with van der Waals surface area (Å²) in [6, 6.07) is 10.3. The van der Waals surface area contributed by atoms with E-state index in [9.17, 15) is 28.3 Å². The quantitative estimate of drug-likeness (QED) is 0.417. The zero-order valence-corrected chi connectivity index (χ0v) is 20.2. The van der Waals surface area contributed by atoms with Crippen molar-refractivity contribution < 1.29 is 23.1 Å². The number of urea groups is 1. The van der Waals surface area contributed by atoms with E-state index in [0.717, 1.165) is 18.2 Å². The number of nitrogens with one attached hydrogen (secondary N) is 2. The van der Waals surface area contributed by atoms with Gasteiger partial charge in [-0.05, 0) is 35.9 Å². The summed E-state index contributed by atoms with van der Waals surface area (Å²) in [7, 11) is 0. The summed E-state index contributed by atoms with van der Waals surface area (Å²) < 4.78 is 41.9. The molecule has 2 saturated heterocycles. The number of benzene rings is 2. The third-order valence-electron chi connectivity index (χ3n) is 7.28. The van der Waals surface area contributed by atoms with Crippen LogP contribution in [0.25, 0.3) is 11.1 Å². The van der Waals surface area contributed by atoms with Gasteiger partial charge in [-0.15, -0.1) is 0 Å². The molecule has 3 aromatic rings. The number of fused-ring (bicyclic) bond motifs is 2. The van der Waals surface area contributed by atoms with Gasteiger partial charge in [-0.1, -0.05) is 6.07 Å². The number of anilines is 1. The Bertz CT molecular complexity index is 1390. The van der Waals surface area contributed by atoms with E-state index in [1.165, 1.54) is 23.2 Å². The molecule has 0 radical (unpaired) electrons. The number of nitrogens with two attached hydrogens (primary N) is 1. The number of amides is 2. The van der Waals surface area contributed by atoms with Crippen molar-refractivity contribution in [1.82, 2.24) is 15.2 Å². The fourth-order valence-corrected chi connectivity index (χ4v) is 5.44. The first kappa shape index (κ1) is 25.7. The number of halogens is 3. The molecule has 0 saturated carbocycles. The molecule has 2 amide bonds. The number of nitriles is 1. The maximum absolute atomic E-state index is 14.8. The molecular formula is C27H25F3N6O2. The van der Waals surface area contributed by atoms with Crippen LogP contribution >= 0.6 is 0 Å². The van der Waals surface area contributed by atoms with Crippen LogP contribution in [0.15, 0.2) is 48.7 Å². The third-order valence-corrected chi connectivity index (χ3v) is 7.28. The normalized spacial score (nSPS) is 22.6. The number of pyridine rings is 1. The number of piperidine rings is 2. The molecule has 11 heteroatoms. The minimum Gasteiger partial charge on any atom is -0.383 e. The Morgan fingerprint density at radius 3 is 2.42 bits per heavy atom. The first-order chi connectivity index (χ1) is 18.2. The molecule has 2 bridgehead atoms. The number of carbonyl (C=O) groups is 1. The fraction of sp³-hybridized carbons (Fsp3) is 0.296. The van der Waals surface area contributed by atoms with Gasteiger partial charge in [0.25, 0.3) is 0 Å². The Morgan fingerprint density at radius 1 is 1.16 bits per heavy atom. The Hall–Kier alpha value is -3.98. The number of hydrogen-bond donors (Lipinski definition) is 4. The number of aromatic nitrogens is 1. The summed E-state index contributed by atoms with van der Waals surface area (Å²) in [6.45, 7) is 1.24.